The van der Waals surface area contributed by atoms with Crippen LogP contribution in [0.2, 0.25) is 0 Å². The molecule has 10 nitrogen and oxygen atoms in total. The third-order valence-corrected chi connectivity index (χ3v) is 11.5. The largest absolute Gasteiger partial charge is 0.462 e. The Kier molecular flexibility index (Phi) is 39.8. The normalized spacial score (nSPS) is 14.0. The van der Waals surface area contributed by atoms with Crippen molar-refractivity contribution >= 4 is 24.0 Å². The highest BCUT2D eigenvalue weighted by molar-refractivity contribution is 5.71. The smallest absolute Gasteiger partial charge is 0.407 e. The van der Waals surface area contributed by atoms with Gasteiger partial charge in [-0.05, 0) is 103 Å². The van der Waals surface area contributed by atoms with Gasteiger partial charge in [-0.1, -0.05) is 153 Å². The van der Waals surface area contributed by atoms with Gasteiger partial charge in [0, 0.05) is 32.4 Å². The molecule has 0 aromatic carbocycles. The van der Waals surface area contributed by atoms with E-state index in [0.29, 0.717) is 12.8 Å². The van der Waals surface area contributed by atoms with Gasteiger partial charge in [-0.2, -0.15) is 0 Å². The van der Waals surface area contributed by atoms with Gasteiger partial charge >= 0.3 is 24.0 Å². The zero-order valence-corrected chi connectivity index (χ0v) is 41.3. The van der Waals surface area contributed by atoms with Crippen LogP contribution in [0.4, 0.5) is 4.79 Å². The van der Waals surface area contributed by atoms with Crippen LogP contribution in [0.25, 0.3) is 0 Å². The summed E-state index contributed by atoms with van der Waals surface area (Å²) in [5.41, 5.74) is 0. The molecular weight excluding hydrogens is 805 g/mol. The average molecular weight is 899 g/mol. The van der Waals surface area contributed by atoms with Gasteiger partial charge in [-0.25, -0.2) is 4.79 Å². The maximum atomic E-state index is 13.2. The summed E-state index contributed by atoms with van der Waals surface area (Å²) in [5.74, 6) is -1.22. The molecule has 1 unspecified atom stereocenters. The summed E-state index contributed by atoms with van der Waals surface area (Å²) in [4.78, 5) is 53.3. The lowest BCUT2D eigenvalue weighted by atomic mass is 10.1. The Labute approximate surface area is 391 Å². The summed E-state index contributed by atoms with van der Waals surface area (Å²) >= 11 is 0. The molecule has 1 saturated heterocycles. The first-order valence-electron chi connectivity index (χ1n) is 26.0. The van der Waals surface area contributed by atoms with Crippen molar-refractivity contribution in [3.63, 3.8) is 0 Å². The number of unbranched alkanes of at least 4 members (excludes halogenated alkanes) is 19. The molecule has 0 aromatic rings. The lowest BCUT2D eigenvalue weighted by molar-refractivity contribution is -0.167. The number of ether oxygens (including phenoxy) is 4. The SMILES string of the molecule is CCCCC/C=C\C/C=C\CCCCCCCC(=O)OCC(COC(=O)CCCCCCC/C=C\C/C=C\CCCCC)OC(=O)CCC(CCCCCC)OC(=O)NC1CN(C)C1. The van der Waals surface area contributed by atoms with Crippen molar-refractivity contribution < 1.29 is 38.1 Å². The number of nitrogens with one attached hydrogen (secondary N) is 1. The number of likely N-dealkylation sites (tertiary alicyclic amines) is 1. The van der Waals surface area contributed by atoms with Crippen LogP contribution in [-0.4, -0.2) is 80.5 Å². The number of carbonyl (C=O) groups excluding carboxylic acids is 4. The second-order valence-corrected chi connectivity index (χ2v) is 17.9. The van der Waals surface area contributed by atoms with Crippen LogP contribution in [0, 0.1) is 0 Å². The van der Waals surface area contributed by atoms with Crippen LogP contribution in [0.5, 0.6) is 0 Å². The second-order valence-electron chi connectivity index (χ2n) is 17.9. The first-order chi connectivity index (χ1) is 31.3. The minimum atomic E-state index is -0.919. The predicted molar refractivity (Wildman–Crippen MR) is 263 cm³/mol. The summed E-state index contributed by atoms with van der Waals surface area (Å²) in [6.07, 6.45) is 46.2. The van der Waals surface area contributed by atoms with Crippen molar-refractivity contribution in [2.24, 2.45) is 0 Å². The van der Waals surface area contributed by atoms with Crippen molar-refractivity contribution in [1.29, 1.82) is 0 Å². The van der Waals surface area contributed by atoms with E-state index in [1.165, 1.54) is 51.4 Å². The number of amides is 1. The molecule has 1 aliphatic heterocycles. The predicted octanol–water partition coefficient (Wildman–Crippen LogP) is 13.8. The van der Waals surface area contributed by atoms with E-state index in [2.05, 4.69) is 79.6 Å². The van der Waals surface area contributed by atoms with Gasteiger partial charge in [0.15, 0.2) is 6.10 Å². The fraction of sp³-hybridized carbons (Fsp3) is 0.778. The summed E-state index contributed by atoms with van der Waals surface area (Å²) in [5, 5.41) is 2.91. The fourth-order valence-corrected chi connectivity index (χ4v) is 7.52. The molecule has 0 radical (unpaired) electrons. The van der Waals surface area contributed by atoms with Crippen molar-refractivity contribution in [1.82, 2.24) is 10.2 Å². The topological polar surface area (TPSA) is 120 Å². The number of carbonyl (C=O) groups is 4. The molecule has 10 heteroatoms. The first-order valence-corrected chi connectivity index (χ1v) is 26.0. The number of esters is 3. The van der Waals surface area contributed by atoms with E-state index in [9.17, 15) is 19.2 Å². The van der Waals surface area contributed by atoms with E-state index in [1.807, 2.05) is 7.05 Å². The number of hydrogen-bond donors (Lipinski definition) is 1. The molecule has 1 aliphatic rings. The summed E-state index contributed by atoms with van der Waals surface area (Å²) in [7, 11) is 2.00. The molecule has 0 aliphatic carbocycles. The van der Waals surface area contributed by atoms with Crippen molar-refractivity contribution in [2.75, 3.05) is 33.4 Å². The zero-order chi connectivity index (χ0) is 46.6. The van der Waals surface area contributed by atoms with Crippen molar-refractivity contribution in [3.05, 3.63) is 48.6 Å². The molecular formula is C54H94N2O8. The van der Waals surface area contributed by atoms with Gasteiger partial charge < -0.3 is 29.2 Å². The molecule has 1 amide bonds. The van der Waals surface area contributed by atoms with Gasteiger partial charge in [0.25, 0.3) is 0 Å². The molecule has 1 heterocycles. The van der Waals surface area contributed by atoms with Crippen LogP contribution in [0.3, 0.4) is 0 Å². The fourth-order valence-electron chi connectivity index (χ4n) is 7.52. The number of likely N-dealkylation sites (N-methyl/N-ethyl adjacent to an activating group) is 1. The molecule has 1 rings (SSSR count). The molecule has 64 heavy (non-hydrogen) atoms. The summed E-state index contributed by atoms with van der Waals surface area (Å²) in [6, 6.07) is 0.0690. The minimum absolute atomic E-state index is 0.0220. The highest BCUT2D eigenvalue weighted by atomic mass is 16.6. The Balaban J connectivity index is 2.52. The number of hydrogen-bond acceptors (Lipinski definition) is 9. The van der Waals surface area contributed by atoms with Crippen molar-refractivity contribution in [3.8, 4) is 0 Å². The number of alkyl carbamates (subject to hydrolysis) is 1. The van der Waals surface area contributed by atoms with Crippen LogP contribution < -0.4 is 5.32 Å². The third kappa shape index (κ3) is 37.9. The van der Waals surface area contributed by atoms with E-state index in [-0.39, 0.29) is 50.5 Å². The monoisotopic (exact) mass is 899 g/mol. The molecule has 0 bridgehead atoms. The van der Waals surface area contributed by atoms with Crippen LogP contribution in [-0.2, 0) is 33.3 Å². The summed E-state index contributed by atoms with van der Waals surface area (Å²) in [6.45, 7) is 7.80. The Morgan fingerprint density at radius 2 is 0.906 bits per heavy atom. The second kappa shape index (κ2) is 43.5. The van der Waals surface area contributed by atoms with Gasteiger partial charge in [-0.3, -0.25) is 14.4 Å². The molecule has 0 aromatic heterocycles. The summed E-state index contributed by atoms with van der Waals surface area (Å²) < 4.78 is 22.6. The third-order valence-electron chi connectivity index (χ3n) is 11.5. The molecule has 0 spiro atoms. The van der Waals surface area contributed by atoms with Gasteiger partial charge in [-0.15, -0.1) is 0 Å². The zero-order valence-electron chi connectivity index (χ0n) is 41.3. The molecule has 1 fully saturated rings. The highest BCUT2D eigenvalue weighted by Gasteiger charge is 2.27. The lowest BCUT2D eigenvalue weighted by Crippen LogP contribution is -2.57. The van der Waals surface area contributed by atoms with E-state index >= 15 is 0 Å². The maximum absolute atomic E-state index is 13.2. The highest BCUT2D eigenvalue weighted by Crippen LogP contribution is 2.17. The minimum Gasteiger partial charge on any atom is -0.462 e. The van der Waals surface area contributed by atoms with Gasteiger partial charge in [0.1, 0.15) is 19.3 Å². The maximum Gasteiger partial charge on any atom is 0.407 e. The molecule has 0 saturated carbocycles. The Morgan fingerprint density at radius 3 is 1.38 bits per heavy atom. The average Bonchev–Trinajstić information content (AvgIpc) is 3.27. The number of nitrogens with zero attached hydrogens (tertiary/aromatic N) is 1. The Morgan fingerprint density at radius 1 is 0.484 bits per heavy atom. The van der Waals surface area contributed by atoms with Crippen molar-refractivity contribution in [2.45, 2.75) is 238 Å². The van der Waals surface area contributed by atoms with Gasteiger partial charge in [0.05, 0.1) is 6.04 Å². The first kappa shape index (κ1) is 58.6. The van der Waals surface area contributed by atoms with Crippen LogP contribution in [0.15, 0.2) is 48.6 Å². The molecule has 1 N–H and O–H groups in total. The van der Waals surface area contributed by atoms with E-state index < -0.39 is 24.3 Å². The number of allylic oxidation sites excluding steroid dienone is 8. The Bertz CT molecular complexity index is 1210. The standard InChI is InChI=1S/C54H94N2O8/c1-5-8-11-14-16-18-20-22-24-26-28-30-32-34-37-40-51(57)61-46-50(47-62-52(58)41-38-35-33-31-29-27-25-23-21-19-17-15-12-9-6-2)63-53(59)43-42-49(39-36-13-10-7-3)64-54(60)55-48-44-56(4)45-48/h16-19,22-25,48-50H,5-15,20-21,26-47H2,1-4H3,(H,55,60)/b18-16-,19-17-,24-22-,25-23-. The lowest BCUT2D eigenvalue weighted by Gasteiger charge is -2.36. The molecule has 368 valence electrons. The van der Waals surface area contributed by atoms with Gasteiger partial charge in [0.2, 0.25) is 0 Å². The van der Waals surface area contributed by atoms with Crippen LogP contribution in [0.1, 0.15) is 220 Å². The quantitative estimate of drug-likeness (QED) is 0.0276. The van der Waals surface area contributed by atoms with E-state index in [4.69, 9.17) is 18.9 Å². The molecule has 1 atom stereocenters. The Hall–Kier alpha value is -3.40. The van der Waals surface area contributed by atoms with E-state index in [0.717, 1.165) is 129 Å². The van der Waals surface area contributed by atoms with Crippen LogP contribution >= 0.6 is 0 Å². The van der Waals surface area contributed by atoms with E-state index in [1.54, 1.807) is 0 Å². The number of rotatable bonds is 43.